The van der Waals surface area contributed by atoms with Gasteiger partial charge in [0, 0.05) is 0 Å². The highest BCUT2D eigenvalue weighted by atomic mass is 16.5. The summed E-state index contributed by atoms with van der Waals surface area (Å²) in [6, 6.07) is 12.7. The van der Waals surface area contributed by atoms with E-state index in [-0.39, 0.29) is 0 Å². The molecule has 0 aliphatic heterocycles. The van der Waals surface area contributed by atoms with Crippen LogP contribution in [0.4, 0.5) is 0 Å². The van der Waals surface area contributed by atoms with E-state index >= 15 is 0 Å². The fraction of sp³-hybridized carbons (Fsp3) is 0.400. The van der Waals surface area contributed by atoms with Gasteiger partial charge in [0.2, 0.25) is 0 Å². The number of rotatable bonds is 6. The maximum absolute atomic E-state index is 5.63. The molecule has 0 aromatic heterocycles. The highest BCUT2D eigenvalue weighted by molar-refractivity contribution is 5.52. The van der Waals surface area contributed by atoms with E-state index in [0.717, 1.165) is 73.0 Å². The molecule has 6 nitrogen and oxygen atoms in total. The van der Waals surface area contributed by atoms with Gasteiger partial charge < -0.3 is 28.4 Å². The SMILES string of the molecule is COc1cc2c(cc1OC)CCc1cc(OC)c(OC)cc1CCc1cc(OC)c(OC)cc1CC2. The average molecular weight is 493 g/mol. The zero-order chi connectivity index (χ0) is 25.7. The maximum atomic E-state index is 5.63. The summed E-state index contributed by atoms with van der Waals surface area (Å²) in [5, 5.41) is 0. The molecule has 0 amide bonds. The Morgan fingerprint density at radius 1 is 0.306 bits per heavy atom. The van der Waals surface area contributed by atoms with Crippen LogP contribution in [0.15, 0.2) is 36.4 Å². The van der Waals surface area contributed by atoms with Crippen molar-refractivity contribution in [1.82, 2.24) is 0 Å². The molecule has 0 spiro atoms. The standard InChI is InChI=1S/C30H36O6/c1-31-25-13-19-7-8-21-15-27(33-3)29(35-5)17-23(21)11-12-24-18-30(36-6)28(34-4)16-22(24)10-9-20(19)14-26(25)32-2/h13-18H,7-12H2,1-6H3. The van der Waals surface area contributed by atoms with Crippen LogP contribution in [0.25, 0.3) is 0 Å². The quantitative estimate of drug-likeness (QED) is 0.459. The lowest BCUT2D eigenvalue weighted by Crippen LogP contribution is -2.08. The highest BCUT2D eigenvalue weighted by Gasteiger charge is 2.18. The Morgan fingerprint density at radius 2 is 0.444 bits per heavy atom. The Morgan fingerprint density at radius 3 is 0.556 bits per heavy atom. The first-order chi connectivity index (χ1) is 17.5. The number of benzene rings is 3. The smallest absolute Gasteiger partial charge is 0.161 e. The molecular formula is C30H36O6. The summed E-state index contributed by atoms with van der Waals surface area (Å²) in [6.07, 6.45) is 5.32. The minimum absolute atomic E-state index is 0.752. The van der Waals surface area contributed by atoms with Crippen molar-refractivity contribution >= 4 is 0 Å². The molecule has 0 atom stereocenters. The minimum atomic E-state index is 0.752. The molecule has 3 aromatic rings. The van der Waals surface area contributed by atoms with E-state index in [1.165, 1.54) is 33.4 Å². The van der Waals surface area contributed by atoms with E-state index in [4.69, 9.17) is 28.4 Å². The summed E-state index contributed by atoms with van der Waals surface area (Å²) in [6.45, 7) is 0. The number of aryl methyl sites for hydroxylation is 6. The Bertz CT molecular complexity index is 973. The molecule has 192 valence electrons. The Labute approximate surface area is 214 Å². The van der Waals surface area contributed by atoms with Gasteiger partial charge in [-0.3, -0.25) is 0 Å². The number of hydrogen-bond acceptors (Lipinski definition) is 6. The Balaban J connectivity index is 1.86. The van der Waals surface area contributed by atoms with Crippen LogP contribution >= 0.6 is 0 Å². The van der Waals surface area contributed by atoms with E-state index in [0.29, 0.717) is 0 Å². The van der Waals surface area contributed by atoms with Crippen molar-refractivity contribution in [2.45, 2.75) is 38.5 Å². The van der Waals surface area contributed by atoms with Gasteiger partial charge in [0.05, 0.1) is 42.7 Å². The molecule has 0 saturated carbocycles. The molecule has 6 heteroatoms. The molecule has 0 unspecified atom stereocenters. The van der Waals surface area contributed by atoms with Gasteiger partial charge in [-0.25, -0.2) is 0 Å². The van der Waals surface area contributed by atoms with E-state index in [9.17, 15) is 0 Å². The number of hydrogen-bond donors (Lipinski definition) is 0. The fourth-order valence-corrected chi connectivity index (χ4v) is 5.09. The topological polar surface area (TPSA) is 55.4 Å². The van der Waals surface area contributed by atoms with Gasteiger partial charge in [-0.05, 0) is 108 Å². The summed E-state index contributed by atoms with van der Waals surface area (Å²) >= 11 is 0. The van der Waals surface area contributed by atoms with Gasteiger partial charge >= 0.3 is 0 Å². The maximum Gasteiger partial charge on any atom is 0.161 e. The molecule has 0 heterocycles. The molecule has 1 aliphatic rings. The van der Waals surface area contributed by atoms with Crippen molar-refractivity contribution in [1.29, 1.82) is 0 Å². The molecule has 0 fully saturated rings. The molecule has 4 rings (SSSR count). The van der Waals surface area contributed by atoms with E-state index < -0.39 is 0 Å². The number of ether oxygens (including phenoxy) is 6. The zero-order valence-corrected chi connectivity index (χ0v) is 22.2. The lowest BCUT2D eigenvalue weighted by Gasteiger charge is -2.20. The van der Waals surface area contributed by atoms with Crippen LogP contribution in [0.2, 0.25) is 0 Å². The summed E-state index contributed by atoms with van der Waals surface area (Å²) in [5.74, 6) is 4.51. The number of fused-ring (bicyclic) bond motifs is 3. The molecule has 1 aliphatic carbocycles. The first-order valence-electron chi connectivity index (χ1n) is 12.3. The third kappa shape index (κ3) is 5.18. The largest absolute Gasteiger partial charge is 0.493 e. The minimum Gasteiger partial charge on any atom is -0.493 e. The van der Waals surface area contributed by atoms with E-state index in [2.05, 4.69) is 36.4 Å². The summed E-state index contributed by atoms with van der Waals surface area (Å²) in [4.78, 5) is 0. The molecule has 0 radical (unpaired) electrons. The predicted octanol–water partition coefficient (Wildman–Crippen LogP) is 5.41. The van der Waals surface area contributed by atoms with Crippen molar-refractivity contribution in [3.63, 3.8) is 0 Å². The van der Waals surface area contributed by atoms with E-state index in [1.807, 2.05) is 0 Å². The van der Waals surface area contributed by atoms with Crippen LogP contribution in [0, 0.1) is 0 Å². The first-order valence-corrected chi connectivity index (χ1v) is 12.3. The van der Waals surface area contributed by atoms with Crippen molar-refractivity contribution < 1.29 is 28.4 Å². The van der Waals surface area contributed by atoms with Crippen LogP contribution < -0.4 is 28.4 Å². The Hall–Kier alpha value is -3.54. The zero-order valence-electron chi connectivity index (χ0n) is 22.2. The van der Waals surface area contributed by atoms with Gasteiger partial charge in [-0.15, -0.1) is 0 Å². The normalized spacial score (nSPS) is 13.2. The summed E-state index contributed by atoms with van der Waals surface area (Å²) in [5.41, 5.74) is 7.56. The van der Waals surface area contributed by atoms with Crippen LogP contribution in [0.5, 0.6) is 34.5 Å². The van der Waals surface area contributed by atoms with Crippen molar-refractivity contribution in [3.05, 3.63) is 69.8 Å². The average Bonchev–Trinajstić information content (AvgIpc) is 2.92. The highest BCUT2D eigenvalue weighted by Crippen LogP contribution is 2.37. The van der Waals surface area contributed by atoms with Crippen LogP contribution in [-0.2, 0) is 38.5 Å². The summed E-state index contributed by atoms with van der Waals surface area (Å²) < 4.78 is 33.8. The first kappa shape index (κ1) is 25.5. The third-order valence-electron chi connectivity index (χ3n) is 7.11. The third-order valence-corrected chi connectivity index (χ3v) is 7.11. The van der Waals surface area contributed by atoms with Gasteiger partial charge in [0.1, 0.15) is 0 Å². The second-order valence-electron chi connectivity index (χ2n) is 8.93. The second kappa shape index (κ2) is 11.5. The van der Waals surface area contributed by atoms with Gasteiger partial charge in [0.15, 0.2) is 34.5 Å². The van der Waals surface area contributed by atoms with Crippen LogP contribution in [-0.4, -0.2) is 42.7 Å². The lowest BCUT2D eigenvalue weighted by molar-refractivity contribution is 0.353. The van der Waals surface area contributed by atoms with Crippen LogP contribution in [0.1, 0.15) is 33.4 Å². The molecule has 0 saturated heterocycles. The Kier molecular flexibility index (Phi) is 8.14. The van der Waals surface area contributed by atoms with Gasteiger partial charge in [-0.1, -0.05) is 0 Å². The monoisotopic (exact) mass is 492 g/mol. The van der Waals surface area contributed by atoms with E-state index in [1.54, 1.807) is 42.7 Å². The van der Waals surface area contributed by atoms with Crippen LogP contribution in [0.3, 0.4) is 0 Å². The second-order valence-corrected chi connectivity index (χ2v) is 8.93. The fourth-order valence-electron chi connectivity index (χ4n) is 5.09. The molecule has 36 heavy (non-hydrogen) atoms. The predicted molar refractivity (Wildman–Crippen MR) is 141 cm³/mol. The van der Waals surface area contributed by atoms with Crippen molar-refractivity contribution in [2.75, 3.05) is 42.7 Å². The summed E-state index contributed by atoms with van der Waals surface area (Å²) in [7, 11) is 10.1. The van der Waals surface area contributed by atoms with Gasteiger partial charge in [0.25, 0.3) is 0 Å². The van der Waals surface area contributed by atoms with Crippen molar-refractivity contribution in [3.8, 4) is 34.5 Å². The lowest BCUT2D eigenvalue weighted by atomic mass is 9.88. The van der Waals surface area contributed by atoms with Crippen molar-refractivity contribution in [2.24, 2.45) is 0 Å². The molecule has 0 bridgehead atoms. The number of methoxy groups -OCH3 is 6. The molecule has 0 N–H and O–H groups in total. The molecule has 3 aromatic carbocycles. The van der Waals surface area contributed by atoms with Gasteiger partial charge in [-0.2, -0.15) is 0 Å². The molecular weight excluding hydrogens is 456 g/mol.